The van der Waals surface area contributed by atoms with Crippen LogP contribution in [-0.2, 0) is 6.42 Å². The highest BCUT2D eigenvalue weighted by molar-refractivity contribution is 5.99. The SMILES string of the molecule is CC(=O)c1cnoc1-c1ccc(CC(C)C)cc1. The van der Waals surface area contributed by atoms with E-state index in [4.69, 9.17) is 4.52 Å². The van der Waals surface area contributed by atoms with E-state index < -0.39 is 0 Å². The molecule has 0 amide bonds. The summed E-state index contributed by atoms with van der Waals surface area (Å²) in [7, 11) is 0. The molecule has 0 N–H and O–H groups in total. The Morgan fingerprint density at radius 2 is 1.94 bits per heavy atom. The summed E-state index contributed by atoms with van der Waals surface area (Å²) in [6, 6.07) is 8.10. The second-order valence-corrected chi connectivity index (χ2v) is 4.92. The van der Waals surface area contributed by atoms with Gasteiger partial charge in [0.2, 0.25) is 0 Å². The maximum absolute atomic E-state index is 11.4. The van der Waals surface area contributed by atoms with Crippen molar-refractivity contribution in [1.29, 1.82) is 0 Å². The van der Waals surface area contributed by atoms with Gasteiger partial charge in [0, 0.05) is 5.56 Å². The van der Waals surface area contributed by atoms with Gasteiger partial charge in [0.25, 0.3) is 0 Å². The fourth-order valence-corrected chi connectivity index (χ4v) is 1.96. The monoisotopic (exact) mass is 243 g/mol. The number of benzene rings is 1. The van der Waals surface area contributed by atoms with Gasteiger partial charge in [-0.05, 0) is 24.8 Å². The maximum Gasteiger partial charge on any atom is 0.177 e. The summed E-state index contributed by atoms with van der Waals surface area (Å²) in [4.78, 5) is 11.4. The third-order valence-corrected chi connectivity index (χ3v) is 2.81. The Labute approximate surface area is 107 Å². The van der Waals surface area contributed by atoms with Crippen molar-refractivity contribution in [1.82, 2.24) is 5.16 Å². The van der Waals surface area contributed by atoms with Gasteiger partial charge in [-0.3, -0.25) is 4.79 Å². The molecule has 3 heteroatoms. The minimum Gasteiger partial charge on any atom is -0.356 e. The molecule has 1 heterocycles. The van der Waals surface area contributed by atoms with Gasteiger partial charge >= 0.3 is 0 Å². The molecule has 0 unspecified atom stereocenters. The summed E-state index contributed by atoms with van der Waals surface area (Å²) in [6.07, 6.45) is 2.52. The smallest absolute Gasteiger partial charge is 0.177 e. The Morgan fingerprint density at radius 3 is 2.50 bits per heavy atom. The molecule has 3 nitrogen and oxygen atoms in total. The summed E-state index contributed by atoms with van der Waals surface area (Å²) in [5, 5.41) is 3.69. The van der Waals surface area contributed by atoms with Gasteiger partial charge in [-0.25, -0.2) is 0 Å². The van der Waals surface area contributed by atoms with Crippen LogP contribution in [0.3, 0.4) is 0 Å². The molecule has 0 atom stereocenters. The zero-order chi connectivity index (χ0) is 13.1. The van der Waals surface area contributed by atoms with Crippen molar-refractivity contribution in [2.45, 2.75) is 27.2 Å². The fraction of sp³-hybridized carbons (Fsp3) is 0.333. The van der Waals surface area contributed by atoms with Crippen LogP contribution in [-0.4, -0.2) is 10.9 Å². The van der Waals surface area contributed by atoms with Crippen LogP contribution in [0.25, 0.3) is 11.3 Å². The molecule has 1 aromatic heterocycles. The quantitative estimate of drug-likeness (QED) is 0.768. The second kappa shape index (κ2) is 5.17. The number of rotatable bonds is 4. The van der Waals surface area contributed by atoms with E-state index in [1.54, 1.807) is 0 Å². The lowest BCUT2D eigenvalue weighted by molar-refractivity contribution is 0.101. The molecule has 0 aliphatic rings. The first-order valence-corrected chi connectivity index (χ1v) is 6.13. The molecule has 0 spiro atoms. The van der Waals surface area contributed by atoms with E-state index in [2.05, 4.69) is 31.1 Å². The Bertz CT molecular complexity index is 538. The van der Waals surface area contributed by atoms with Crippen molar-refractivity contribution >= 4 is 5.78 Å². The lowest BCUT2D eigenvalue weighted by Gasteiger charge is -2.05. The average molecular weight is 243 g/mol. The molecule has 0 aliphatic carbocycles. The molecule has 0 bridgehead atoms. The average Bonchev–Trinajstić information content (AvgIpc) is 2.78. The van der Waals surface area contributed by atoms with E-state index in [1.165, 1.54) is 18.7 Å². The van der Waals surface area contributed by atoms with Crippen molar-refractivity contribution < 1.29 is 9.32 Å². The van der Waals surface area contributed by atoms with Crippen LogP contribution in [0.1, 0.15) is 36.7 Å². The molecule has 0 saturated heterocycles. The van der Waals surface area contributed by atoms with E-state index in [-0.39, 0.29) is 5.78 Å². The van der Waals surface area contributed by atoms with Crippen molar-refractivity contribution in [2.24, 2.45) is 5.92 Å². The zero-order valence-corrected chi connectivity index (χ0v) is 10.9. The van der Waals surface area contributed by atoms with Gasteiger partial charge in [-0.15, -0.1) is 0 Å². The summed E-state index contributed by atoms with van der Waals surface area (Å²) in [6.45, 7) is 5.90. The summed E-state index contributed by atoms with van der Waals surface area (Å²) in [5.74, 6) is 1.16. The fourth-order valence-electron chi connectivity index (χ4n) is 1.96. The predicted molar refractivity (Wildman–Crippen MR) is 70.5 cm³/mol. The van der Waals surface area contributed by atoms with Crippen LogP contribution in [0.5, 0.6) is 0 Å². The zero-order valence-electron chi connectivity index (χ0n) is 10.9. The van der Waals surface area contributed by atoms with Gasteiger partial charge in [0.15, 0.2) is 11.5 Å². The van der Waals surface area contributed by atoms with Crippen molar-refractivity contribution in [3.63, 3.8) is 0 Å². The molecule has 0 fully saturated rings. The van der Waals surface area contributed by atoms with Gasteiger partial charge in [-0.1, -0.05) is 43.3 Å². The molecule has 2 rings (SSSR count). The van der Waals surface area contributed by atoms with Gasteiger partial charge in [0.1, 0.15) is 0 Å². The molecule has 18 heavy (non-hydrogen) atoms. The molecule has 0 radical (unpaired) electrons. The third kappa shape index (κ3) is 2.67. The summed E-state index contributed by atoms with van der Waals surface area (Å²) in [5.41, 5.74) is 2.72. The number of carbonyl (C=O) groups excluding carboxylic acids is 1. The molecule has 0 aliphatic heterocycles. The van der Waals surface area contributed by atoms with Crippen molar-refractivity contribution in [2.75, 3.05) is 0 Å². The number of aromatic nitrogens is 1. The molecular formula is C15H17NO2. The first kappa shape index (κ1) is 12.6. The first-order chi connectivity index (χ1) is 8.58. The highest BCUT2D eigenvalue weighted by Crippen LogP contribution is 2.24. The van der Waals surface area contributed by atoms with Crippen LogP contribution in [0.4, 0.5) is 0 Å². The van der Waals surface area contributed by atoms with Gasteiger partial charge in [-0.2, -0.15) is 0 Å². The Hall–Kier alpha value is -1.90. The summed E-state index contributed by atoms with van der Waals surface area (Å²) < 4.78 is 5.16. The van der Waals surface area contributed by atoms with E-state index >= 15 is 0 Å². The summed E-state index contributed by atoms with van der Waals surface area (Å²) >= 11 is 0. The normalized spacial score (nSPS) is 10.9. The Kier molecular flexibility index (Phi) is 3.60. The molecule has 0 saturated carbocycles. The molecule has 94 valence electrons. The lowest BCUT2D eigenvalue weighted by Crippen LogP contribution is -1.94. The first-order valence-electron chi connectivity index (χ1n) is 6.13. The number of Topliss-reactive ketones (excluding diaryl/α,β-unsaturated/α-hetero) is 1. The largest absolute Gasteiger partial charge is 0.356 e. The van der Waals surface area contributed by atoms with E-state index in [0.29, 0.717) is 17.2 Å². The van der Waals surface area contributed by atoms with Crippen LogP contribution < -0.4 is 0 Å². The molecule has 2 aromatic rings. The Balaban J connectivity index is 2.29. The highest BCUT2D eigenvalue weighted by Gasteiger charge is 2.14. The van der Waals surface area contributed by atoms with Crippen molar-refractivity contribution in [3.05, 3.63) is 41.6 Å². The van der Waals surface area contributed by atoms with Crippen LogP contribution in [0.15, 0.2) is 35.0 Å². The van der Waals surface area contributed by atoms with E-state index in [1.807, 2.05) is 12.1 Å². The minimum absolute atomic E-state index is 0.0301. The van der Waals surface area contributed by atoms with Crippen molar-refractivity contribution in [3.8, 4) is 11.3 Å². The number of nitrogens with zero attached hydrogens (tertiary/aromatic N) is 1. The Morgan fingerprint density at radius 1 is 1.28 bits per heavy atom. The lowest BCUT2D eigenvalue weighted by atomic mass is 10.00. The number of carbonyl (C=O) groups is 1. The number of ketones is 1. The predicted octanol–water partition coefficient (Wildman–Crippen LogP) is 3.74. The van der Waals surface area contributed by atoms with E-state index in [9.17, 15) is 4.79 Å². The standard InChI is InChI=1S/C15H17NO2/c1-10(2)8-12-4-6-13(7-5-12)15-14(11(3)17)9-16-18-15/h4-7,9-10H,8H2,1-3H3. The number of hydrogen-bond acceptors (Lipinski definition) is 3. The van der Waals surface area contributed by atoms with Gasteiger partial charge < -0.3 is 4.52 Å². The van der Waals surface area contributed by atoms with E-state index in [0.717, 1.165) is 12.0 Å². The van der Waals surface area contributed by atoms with Gasteiger partial charge in [0.05, 0.1) is 11.8 Å². The third-order valence-electron chi connectivity index (χ3n) is 2.81. The van der Waals surface area contributed by atoms with Crippen LogP contribution in [0, 0.1) is 5.92 Å². The van der Waals surface area contributed by atoms with Crippen LogP contribution in [0.2, 0.25) is 0 Å². The molecular weight excluding hydrogens is 226 g/mol. The number of hydrogen-bond donors (Lipinski definition) is 0. The maximum atomic E-state index is 11.4. The molecule has 1 aromatic carbocycles. The minimum atomic E-state index is -0.0301. The second-order valence-electron chi connectivity index (χ2n) is 4.92. The highest BCUT2D eigenvalue weighted by atomic mass is 16.5. The topological polar surface area (TPSA) is 43.1 Å². The van der Waals surface area contributed by atoms with Crippen LogP contribution >= 0.6 is 0 Å².